The fourth-order valence-electron chi connectivity index (χ4n) is 2.24. The molecule has 1 saturated heterocycles. The Balaban J connectivity index is 2.32. The Bertz CT molecular complexity index is 484. The molecule has 2 rings (SSSR count). The van der Waals surface area contributed by atoms with Crippen LogP contribution in [0.1, 0.15) is 30.1 Å². The van der Waals surface area contributed by atoms with Gasteiger partial charge in [0.05, 0.1) is 6.61 Å². The molecule has 0 saturated carbocycles. The number of hydrogen-bond acceptors (Lipinski definition) is 4. The number of ether oxygens (including phenoxy) is 1. The van der Waals surface area contributed by atoms with Crippen molar-refractivity contribution in [2.45, 2.75) is 25.8 Å². The number of benzene rings is 1. The van der Waals surface area contributed by atoms with Gasteiger partial charge in [0.15, 0.2) is 5.78 Å². The largest absolute Gasteiger partial charge is 0.449 e. The second-order valence-corrected chi connectivity index (χ2v) is 4.55. The maximum absolute atomic E-state index is 11.9. The van der Waals surface area contributed by atoms with E-state index in [2.05, 4.69) is 0 Å². The van der Waals surface area contributed by atoms with E-state index in [1.165, 1.54) is 11.8 Å². The monoisotopic (exact) mass is 263 g/mol. The van der Waals surface area contributed by atoms with Crippen molar-refractivity contribution in [1.29, 1.82) is 0 Å². The number of carbonyl (C=O) groups excluding carboxylic acids is 2. The molecule has 1 amide bonds. The van der Waals surface area contributed by atoms with Crippen LogP contribution in [0.3, 0.4) is 0 Å². The maximum Gasteiger partial charge on any atom is 0.414 e. The van der Waals surface area contributed by atoms with Gasteiger partial charge in [-0.05, 0) is 25.5 Å². The summed E-state index contributed by atoms with van der Waals surface area (Å²) in [6, 6.07) is 6.81. The van der Waals surface area contributed by atoms with Crippen molar-refractivity contribution in [1.82, 2.24) is 0 Å². The zero-order valence-corrected chi connectivity index (χ0v) is 10.8. The first kappa shape index (κ1) is 13.5. The molecule has 19 heavy (non-hydrogen) atoms. The number of ketones is 1. The van der Waals surface area contributed by atoms with Gasteiger partial charge in [0, 0.05) is 30.3 Å². The first-order valence-electron chi connectivity index (χ1n) is 6.31. The van der Waals surface area contributed by atoms with Crippen LogP contribution in [0.15, 0.2) is 24.3 Å². The molecule has 1 aliphatic heterocycles. The standard InChI is InChI=1S/C14H17NO4/c1-10(17)11-3-2-4-13(9-11)15-12(5-7-16)6-8-19-14(15)18/h2-4,9,12,16H,5-8H2,1H3. The van der Waals surface area contributed by atoms with Crippen LogP contribution in [-0.4, -0.2) is 36.2 Å². The summed E-state index contributed by atoms with van der Waals surface area (Å²) >= 11 is 0. The minimum absolute atomic E-state index is 0.0147. The molecule has 1 unspecified atom stereocenters. The molecule has 0 spiro atoms. The third-order valence-corrected chi connectivity index (χ3v) is 3.23. The Morgan fingerprint density at radius 3 is 3.00 bits per heavy atom. The smallest absolute Gasteiger partial charge is 0.414 e. The molecule has 0 radical (unpaired) electrons. The molecule has 1 aliphatic rings. The minimum Gasteiger partial charge on any atom is -0.449 e. The van der Waals surface area contributed by atoms with E-state index in [-0.39, 0.29) is 18.4 Å². The first-order chi connectivity index (χ1) is 9.13. The Labute approximate surface area is 111 Å². The van der Waals surface area contributed by atoms with E-state index < -0.39 is 6.09 Å². The maximum atomic E-state index is 11.9. The van der Waals surface area contributed by atoms with E-state index in [9.17, 15) is 9.59 Å². The number of aliphatic hydroxyl groups is 1. The van der Waals surface area contributed by atoms with E-state index in [1.807, 2.05) is 0 Å². The van der Waals surface area contributed by atoms with Gasteiger partial charge in [-0.15, -0.1) is 0 Å². The summed E-state index contributed by atoms with van der Waals surface area (Å²) in [6.45, 7) is 1.87. The summed E-state index contributed by atoms with van der Waals surface area (Å²) < 4.78 is 5.04. The van der Waals surface area contributed by atoms with Crippen LogP contribution in [0.5, 0.6) is 0 Å². The van der Waals surface area contributed by atoms with Crippen molar-refractivity contribution in [3.05, 3.63) is 29.8 Å². The Hall–Kier alpha value is -1.88. The van der Waals surface area contributed by atoms with Crippen LogP contribution < -0.4 is 4.90 Å². The molecule has 5 nitrogen and oxygen atoms in total. The lowest BCUT2D eigenvalue weighted by Crippen LogP contribution is -2.46. The number of nitrogens with zero attached hydrogens (tertiary/aromatic N) is 1. The van der Waals surface area contributed by atoms with Crippen molar-refractivity contribution < 1.29 is 19.4 Å². The molecule has 0 bridgehead atoms. The second kappa shape index (κ2) is 5.84. The lowest BCUT2D eigenvalue weighted by molar-refractivity contribution is 0.101. The van der Waals surface area contributed by atoms with Crippen molar-refractivity contribution in [3.8, 4) is 0 Å². The van der Waals surface area contributed by atoms with E-state index in [4.69, 9.17) is 9.84 Å². The summed E-state index contributed by atoms with van der Waals surface area (Å²) in [5.74, 6) is -0.0501. The lowest BCUT2D eigenvalue weighted by atomic mass is 10.1. The average molecular weight is 263 g/mol. The third kappa shape index (κ3) is 2.93. The molecule has 1 fully saturated rings. The number of rotatable bonds is 4. The highest BCUT2D eigenvalue weighted by Gasteiger charge is 2.30. The zero-order valence-electron chi connectivity index (χ0n) is 10.8. The van der Waals surface area contributed by atoms with Crippen LogP contribution in [0, 0.1) is 0 Å². The summed E-state index contributed by atoms with van der Waals surface area (Å²) in [7, 11) is 0. The van der Waals surface area contributed by atoms with Crippen LogP contribution >= 0.6 is 0 Å². The van der Waals surface area contributed by atoms with Gasteiger partial charge in [-0.2, -0.15) is 0 Å². The molecule has 0 aliphatic carbocycles. The van der Waals surface area contributed by atoms with Gasteiger partial charge < -0.3 is 9.84 Å². The fraction of sp³-hybridized carbons (Fsp3) is 0.429. The normalized spacial score (nSPS) is 19.2. The van der Waals surface area contributed by atoms with E-state index in [0.717, 1.165) is 0 Å². The van der Waals surface area contributed by atoms with Gasteiger partial charge >= 0.3 is 6.09 Å². The number of Topliss-reactive ketones (excluding diaryl/α,β-unsaturated/α-hetero) is 1. The highest BCUT2D eigenvalue weighted by atomic mass is 16.6. The lowest BCUT2D eigenvalue weighted by Gasteiger charge is -2.34. The van der Waals surface area contributed by atoms with Crippen molar-refractivity contribution in [2.75, 3.05) is 18.1 Å². The summed E-state index contributed by atoms with van der Waals surface area (Å²) in [5.41, 5.74) is 1.19. The number of anilines is 1. The van der Waals surface area contributed by atoms with E-state index >= 15 is 0 Å². The van der Waals surface area contributed by atoms with Crippen molar-refractivity contribution >= 4 is 17.6 Å². The van der Waals surface area contributed by atoms with E-state index in [1.54, 1.807) is 24.3 Å². The SMILES string of the molecule is CC(=O)c1cccc(N2C(=O)OCCC2CCO)c1. The van der Waals surface area contributed by atoms with Crippen LogP contribution in [0.4, 0.5) is 10.5 Å². The predicted octanol–water partition coefficient (Wildman–Crippen LogP) is 1.99. The summed E-state index contributed by atoms with van der Waals surface area (Å²) in [5, 5.41) is 9.08. The van der Waals surface area contributed by atoms with Crippen LogP contribution in [0.2, 0.25) is 0 Å². The molecule has 1 N–H and O–H groups in total. The van der Waals surface area contributed by atoms with Gasteiger partial charge in [-0.25, -0.2) is 4.79 Å². The van der Waals surface area contributed by atoms with Crippen molar-refractivity contribution in [2.24, 2.45) is 0 Å². The van der Waals surface area contributed by atoms with Gasteiger partial charge in [0.25, 0.3) is 0 Å². The molecular formula is C14H17NO4. The molecule has 1 aromatic rings. The average Bonchev–Trinajstić information content (AvgIpc) is 2.39. The molecule has 1 heterocycles. The zero-order chi connectivity index (χ0) is 13.8. The topological polar surface area (TPSA) is 66.8 Å². The number of hydrogen-bond donors (Lipinski definition) is 1. The van der Waals surface area contributed by atoms with Gasteiger partial charge in [0.2, 0.25) is 0 Å². The predicted molar refractivity (Wildman–Crippen MR) is 70.4 cm³/mol. The number of aliphatic hydroxyl groups excluding tert-OH is 1. The Kier molecular flexibility index (Phi) is 4.16. The number of amides is 1. The first-order valence-corrected chi connectivity index (χ1v) is 6.31. The Morgan fingerprint density at radius 2 is 2.32 bits per heavy atom. The van der Waals surface area contributed by atoms with Gasteiger partial charge in [0.1, 0.15) is 0 Å². The Morgan fingerprint density at radius 1 is 1.53 bits per heavy atom. The number of carbonyl (C=O) groups is 2. The second-order valence-electron chi connectivity index (χ2n) is 4.55. The molecule has 1 atom stereocenters. The number of cyclic esters (lactones) is 1. The van der Waals surface area contributed by atoms with Gasteiger partial charge in [-0.1, -0.05) is 12.1 Å². The summed E-state index contributed by atoms with van der Waals surface area (Å²) in [6.07, 6.45) is 0.751. The third-order valence-electron chi connectivity index (χ3n) is 3.23. The quantitative estimate of drug-likeness (QED) is 0.843. The van der Waals surface area contributed by atoms with Crippen LogP contribution in [0.25, 0.3) is 0 Å². The molecule has 1 aromatic carbocycles. The molecular weight excluding hydrogens is 246 g/mol. The highest BCUT2D eigenvalue weighted by molar-refractivity contribution is 5.96. The van der Waals surface area contributed by atoms with E-state index in [0.29, 0.717) is 30.7 Å². The van der Waals surface area contributed by atoms with Crippen LogP contribution in [-0.2, 0) is 4.74 Å². The van der Waals surface area contributed by atoms with Crippen molar-refractivity contribution in [3.63, 3.8) is 0 Å². The molecule has 5 heteroatoms. The minimum atomic E-state index is -0.426. The fourth-order valence-corrected chi connectivity index (χ4v) is 2.24. The molecule has 102 valence electrons. The van der Waals surface area contributed by atoms with Gasteiger partial charge in [-0.3, -0.25) is 9.69 Å². The summed E-state index contributed by atoms with van der Waals surface area (Å²) in [4.78, 5) is 24.8. The highest BCUT2D eigenvalue weighted by Crippen LogP contribution is 2.26. The molecule has 0 aromatic heterocycles.